The number of primary amides is 1. The molecule has 0 saturated carbocycles. The second-order valence-corrected chi connectivity index (χ2v) is 9.41. The minimum absolute atomic E-state index is 0.00856. The number of carbonyl (C=O) groups is 2. The lowest BCUT2D eigenvalue weighted by atomic mass is 10.1. The van der Waals surface area contributed by atoms with Gasteiger partial charge in [0.05, 0.1) is 21.7 Å². The number of aryl methyl sites for hydroxylation is 1. The zero-order valence-corrected chi connectivity index (χ0v) is 17.9. The number of rotatable bonds is 7. The minimum atomic E-state index is -3.65. The van der Waals surface area contributed by atoms with Gasteiger partial charge >= 0.3 is 5.76 Å². The highest BCUT2D eigenvalue weighted by Gasteiger charge is 2.28. The van der Waals surface area contributed by atoms with Gasteiger partial charge in [0.1, 0.15) is 0 Å². The van der Waals surface area contributed by atoms with Gasteiger partial charge < -0.3 is 15.5 Å². The number of anilines is 1. The molecule has 1 saturated heterocycles. The van der Waals surface area contributed by atoms with Crippen molar-refractivity contribution in [3.8, 4) is 0 Å². The summed E-state index contributed by atoms with van der Waals surface area (Å²) in [6.45, 7) is 0.952. The summed E-state index contributed by atoms with van der Waals surface area (Å²) in [5, 5.41) is 2.61. The molecule has 3 aromatic rings. The molecule has 32 heavy (non-hydrogen) atoms. The Bertz CT molecular complexity index is 1350. The van der Waals surface area contributed by atoms with E-state index in [0.717, 1.165) is 12.8 Å². The summed E-state index contributed by atoms with van der Waals surface area (Å²) in [4.78, 5) is 36.2. The van der Waals surface area contributed by atoms with Gasteiger partial charge in [-0.15, -0.1) is 0 Å². The van der Waals surface area contributed by atoms with E-state index in [9.17, 15) is 22.8 Å². The molecule has 0 atom stereocenters. The third-order valence-electron chi connectivity index (χ3n) is 5.37. The highest BCUT2D eigenvalue weighted by atomic mass is 32.2. The molecule has 0 aliphatic carbocycles. The summed E-state index contributed by atoms with van der Waals surface area (Å²) in [6.07, 6.45) is 1.56. The summed E-state index contributed by atoms with van der Waals surface area (Å²) >= 11 is 0. The Morgan fingerprint density at radius 3 is 2.53 bits per heavy atom. The van der Waals surface area contributed by atoms with Gasteiger partial charge in [-0.3, -0.25) is 14.2 Å². The topological polar surface area (TPSA) is 145 Å². The highest BCUT2D eigenvalue weighted by Crippen LogP contribution is 2.24. The molecule has 0 bridgehead atoms. The molecule has 3 N–H and O–H groups in total. The van der Waals surface area contributed by atoms with Gasteiger partial charge in [-0.1, -0.05) is 12.1 Å². The van der Waals surface area contributed by atoms with E-state index >= 15 is 0 Å². The number of benzene rings is 2. The number of nitrogens with zero attached hydrogens (tertiary/aromatic N) is 2. The van der Waals surface area contributed by atoms with Gasteiger partial charge in [-0.25, -0.2) is 13.2 Å². The number of nitrogens with two attached hydrogens (primary N) is 1. The summed E-state index contributed by atoms with van der Waals surface area (Å²) in [6, 6.07) is 10.6. The smallest absolute Gasteiger partial charge is 0.408 e. The van der Waals surface area contributed by atoms with Crippen molar-refractivity contribution in [1.82, 2.24) is 8.87 Å². The molecule has 10 nitrogen and oxygen atoms in total. The lowest BCUT2D eigenvalue weighted by Crippen LogP contribution is -2.27. The monoisotopic (exact) mass is 458 g/mol. The van der Waals surface area contributed by atoms with Crippen LogP contribution in [0.4, 0.5) is 5.69 Å². The molecule has 1 fully saturated rings. The molecule has 11 heteroatoms. The first kappa shape index (κ1) is 21.8. The SMILES string of the molecule is NC(=O)c1ccccc1NC(=O)CCn1c(=O)oc2cc(S(=O)(=O)N3CCCC3)ccc21. The van der Waals surface area contributed by atoms with Crippen molar-refractivity contribution in [3.63, 3.8) is 0 Å². The summed E-state index contributed by atoms with van der Waals surface area (Å²) in [7, 11) is -3.65. The molecule has 1 aliphatic rings. The molecule has 2 heterocycles. The van der Waals surface area contributed by atoms with Crippen LogP contribution < -0.4 is 16.8 Å². The van der Waals surface area contributed by atoms with Gasteiger partial charge in [-0.2, -0.15) is 4.31 Å². The molecule has 1 aliphatic heterocycles. The van der Waals surface area contributed by atoms with E-state index in [1.807, 2.05) is 0 Å². The average Bonchev–Trinajstić information content (AvgIpc) is 3.40. The predicted molar refractivity (Wildman–Crippen MR) is 117 cm³/mol. The van der Waals surface area contributed by atoms with Gasteiger partial charge in [0.15, 0.2) is 5.58 Å². The minimum Gasteiger partial charge on any atom is -0.408 e. The summed E-state index contributed by atoms with van der Waals surface area (Å²) < 4.78 is 33.4. The van der Waals surface area contributed by atoms with Crippen molar-refractivity contribution in [2.75, 3.05) is 18.4 Å². The van der Waals surface area contributed by atoms with Gasteiger partial charge in [-0.05, 0) is 37.1 Å². The number of aromatic nitrogens is 1. The normalized spacial score (nSPS) is 14.6. The molecule has 0 spiro atoms. The number of oxazole rings is 1. The lowest BCUT2D eigenvalue weighted by Gasteiger charge is -2.15. The second-order valence-electron chi connectivity index (χ2n) is 7.47. The Balaban J connectivity index is 1.52. The maximum Gasteiger partial charge on any atom is 0.419 e. The van der Waals surface area contributed by atoms with Crippen LogP contribution in [0.1, 0.15) is 29.6 Å². The van der Waals surface area contributed by atoms with Gasteiger partial charge in [0.2, 0.25) is 15.9 Å². The van der Waals surface area contributed by atoms with Crippen LogP contribution in [-0.4, -0.2) is 42.2 Å². The number of fused-ring (bicyclic) bond motifs is 1. The second kappa shape index (κ2) is 8.60. The van der Waals surface area contributed by atoms with Crippen LogP contribution >= 0.6 is 0 Å². The maximum absolute atomic E-state index is 12.7. The van der Waals surface area contributed by atoms with E-state index in [2.05, 4.69) is 5.32 Å². The first-order valence-electron chi connectivity index (χ1n) is 10.1. The molecular weight excluding hydrogens is 436 g/mol. The van der Waals surface area contributed by atoms with E-state index in [4.69, 9.17) is 10.2 Å². The Morgan fingerprint density at radius 2 is 1.81 bits per heavy atom. The van der Waals surface area contributed by atoms with E-state index < -0.39 is 27.6 Å². The van der Waals surface area contributed by atoms with Crippen LogP contribution in [0.5, 0.6) is 0 Å². The van der Waals surface area contributed by atoms with Crippen LogP contribution in [0.25, 0.3) is 11.1 Å². The molecule has 168 valence electrons. The van der Waals surface area contributed by atoms with Gasteiger partial charge in [0, 0.05) is 32.1 Å². The maximum atomic E-state index is 12.7. The third kappa shape index (κ3) is 4.16. The fourth-order valence-electron chi connectivity index (χ4n) is 3.73. The number of amides is 2. The molecule has 0 unspecified atom stereocenters. The Hall–Kier alpha value is -3.44. The van der Waals surface area contributed by atoms with Crippen molar-refractivity contribution in [3.05, 3.63) is 58.6 Å². The zero-order valence-electron chi connectivity index (χ0n) is 17.1. The van der Waals surface area contributed by atoms with Crippen molar-refractivity contribution < 1.29 is 22.4 Å². The molecule has 2 aromatic carbocycles. The van der Waals surface area contributed by atoms with E-state index in [1.165, 1.54) is 33.1 Å². The quantitative estimate of drug-likeness (QED) is 0.549. The molecule has 4 rings (SSSR count). The first-order valence-corrected chi connectivity index (χ1v) is 11.5. The number of nitrogens with one attached hydrogen (secondary N) is 1. The first-order chi connectivity index (χ1) is 15.3. The Morgan fingerprint density at radius 1 is 1.09 bits per heavy atom. The number of hydrogen-bond donors (Lipinski definition) is 2. The van der Waals surface area contributed by atoms with Crippen LogP contribution in [0.3, 0.4) is 0 Å². The van der Waals surface area contributed by atoms with Crippen molar-refractivity contribution in [1.29, 1.82) is 0 Å². The van der Waals surface area contributed by atoms with Crippen molar-refractivity contribution >= 4 is 38.6 Å². The zero-order chi connectivity index (χ0) is 22.9. The van der Waals surface area contributed by atoms with Crippen LogP contribution in [0, 0.1) is 0 Å². The number of para-hydroxylation sites is 1. The van der Waals surface area contributed by atoms with E-state index in [1.54, 1.807) is 18.2 Å². The van der Waals surface area contributed by atoms with Crippen LogP contribution in [0.2, 0.25) is 0 Å². The molecule has 0 radical (unpaired) electrons. The third-order valence-corrected chi connectivity index (χ3v) is 7.27. The van der Waals surface area contributed by atoms with Crippen LogP contribution in [0.15, 0.2) is 56.6 Å². The van der Waals surface area contributed by atoms with E-state index in [0.29, 0.717) is 18.6 Å². The fraction of sp³-hybridized carbons (Fsp3) is 0.286. The predicted octanol–water partition coefficient (Wildman–Crippen LogP) is 1.51. The lowest BCUT2D eigenvalue weighted by molar-refractivity contribution is -0.116. The van der Waals surface area contributed by atoms with Crippen LogP contribution in [-0.2, 0) is 21.4 Å². The summed E-state index contributed by atoms with van der Waals surface area (Å²) in [5.74, 6) is -1.79. The van der Waals surface area contributed by atoms with Crippen molar-refractivity contribution in [2.45, 2.75) is 30.7 Å². The van der Waals surface area contributed by atoms with E-state index in [-0.39, 0.29) is 34.7 Å². The van der Waals surface area contributed by atoms with Gasteiger partial charge in [0.25, 0.3) is 5.91 Å². The van der Waals surface area contributed by atoms with Crippen molar-refractivity contribution in [2.24, 2.45) is 5.73 Å². The molecule has 1 aromatic heterocycles. The number of sulfonamides is 1. The summed E-state index contributed by atoms with van der Waals surface area (Å²) in [5.41, 5.74) is 6.30. The number of hydrogen-bond acceptors (Lipinski definition) is 6. The highest BCUT2D eigenvalue weighted by molar-refractivity contribution is 7.89. The number of carbonyl (C=O) groups excluding carboxylic acids is 2. The molecule has 2 amide bonds. The Kier molecular flexibility index (Phi) is 5.85. The fourth-order valence-corrected chi connectivity index (χ4v) is 5.26. The standard InChI is InChI=1S/C21H22N4O6S/c22-20(27)15-5-1-2-6-16(15)23-19(26)9-12-25-17-8-7-14(13-18(17)31-21(25)28)32(29,30)24-10-3-4-11-24/h1-2,5-8,13H,3-4,9-12H2,(H2,22,27)(H,23,26). The average molecular weight is 458 g/mol. The largest absolute Gasteiger partial charge is 0.419 e. The molecular formula is C21H22N4O6S. The Labute approximate surface area is 183 Å².